The lowest BCUT2D eigenvalue weighted by molar-refractivity contribution is -0.138. The Morgan fingerprint density at radius 2 is 2.10 bits per heavy atom. The Balaban J connectivity index is 2.91. The van der Waals surface area contributed by atoms with Gasteiger partial charge in [0, 0.05) is 12.2 Å². The van der Waals surface area contributed by atoms with Crippen molar-refractivity contribution in [1.29, 1.82) is 0 Å². The van der Waals surface area contributed by atoms with Crippen LogP contribution in [0.5, 0.6) is 0 Å². The van der Waals surface area contributed by atoms with Crippen molar-refractivity contribution in [2.24, 2.45) is 5.92 Å². The Hall–Kier alpha value is -1.37. The summed E-state index contributed by atoms with van der Waals surface area (Å²) in [7, 11) is 0. The number of carboxylic acids is 1. The first-order valence-electron chi connectivity index (χ1n) is 5.93. The molecule has 0 saturated carbocycles. The maximum atomic E-state index is 12.7. The monoisotopic (exact) mass is 307 g/mol. The molecule has 2 N–H and O–H groups in total. The zero-order valence-corrected chi connectivity index (χ0v) is 11.9. The highest BCUT2D eigenvalue weighted by Crippen LogP contribution is 2.33. The number of aromatic carboxylic acids is 1. The van der Waals surface area contributed by atoms with E-state index in [0.29, 0.717) is 18.2 Å². The lowest BCUT2D eigenvalue weighted by atomic mass is 10.1. The van der Waals surface area contributed by atoms with Crippen LogP contribution in [0.4, 0.5) is 18.9 Å². The van der Waals surface area contributed by atoms with Gasteiger partial charge in [-0.1, -0.05) is 6.92 Å². The van der Waals surface area contributed by atoms with Gasteiger partial charge in [0.1, 0.15) is 0 Å². The predicted molar refractivity (Wildman–Crippen MR) is 74.4 cm³/mol. The van der Waals surface area contributed by atoms with E-state index >= 15 is 0 Å². The van der Waals surface area contributed by atoms with Crippen LogP contribution < -0.4 is 5.32 Å². The molecule has 0 heterocycles. The highest BCUT2D eigenvalue weighted by atomic mass is 32.2. The molecule has 0 radical (unpaired) electrons. The van der Waals surface area contributed by atoms with E-state index in [2.05, 4.69) is 5.32 Å². The Morgan fingerprint density at radius 3 is 2.60 bits per heavy atom. The number of carboxylic acid groups (broad SMARTS) is 1. The van der Waals surface area contributed by atoms with E-state index in [9.17, 15) is 18.0 Å². The van der Waals surface area contributed by atoms with Gasteiger partial charge in [0.25, 0.3) is 0 Å². The summed E-state index contributed by atoms with van der Waals surface area (Å²) >= 11 is 1.68. The summed E-state index contributed by atoms with van der Waals surface area (Å²) < 4.78 is 38.0. The third-order valence-corrected chi connectivity index (χ3v) is 3.56. The van der Waals surface area contributed by atoms with Crippen molar-refractivity contribution in [1.82, 2.24) is 0 Å². The van der Waals surface area contributed by atoms with Crippen LogP contribution in [-0.4, -0.2) is 29.6 Å². The predicted octanol–water partition coefficient (Wildman–Crippen LogP) is 3.81. The molecule has 3 nitrogen and oxygen atoms in total. The minimum Gasteiger partial charge on any atom is -0.478 e. The molecule has 1 atom stereocenters. The second kappa shape index (κ2) is 6.88. The summed E-state index contributed by atoms with van der Waals surface area (Å²) in [4.78, 5) is 10.9. The molecule has 0 fully saturated rings. The zero-order valence-electron chi connectivity index (χ0n) is 11.1. The molecule has 1 aromatic carbocycles. The fourth-order valence-corrected chi connectivity index (χ4v) is 2.40. The first kappa shape index (κ1) is 16.7. The molecular formula is C13H16F3NO2S. The van der Waals surface area contributed by atoms with E-state index in [0.717, 1.165) is 17.9 Å². The molecule has 0 bridgehead atoms. The van der Waals surface area contributed by atoms with E-state index in [-0.39, 0.29) is 0 Å². The van der Waals surface area contributed by atoms with Crippen LogP contribution in [0.15, 0.2) is 18.2 Å². The van der Waals surface area contributed by atoms with Crippen molar-refractivity contribution >= 4 is 23.4 Å². The normalized spacial score (nSPS) is 13.1. The molecule has 1 rings (SSSR count). The minimum absolute atomic E-state index is 0.334. The van der Waals surface area contributed by atoms with Gasteiger partial charge in [0.05, 0.1) is 11.1 Å². The highest BCUT2D eigenvalue weighted by Gasteiger charge is 2.35. The minimum atomic E-state index is -4.67. The van der Waals surface area contributed by atoms with Crippen LogP contribution in [0.3, 0.4) is 0 Å². The summed E-state index contributed by atoms with van der Waals surface area (Å²) in [6, 6.07) is 3.07. The van der Waals surface area contributed by atoms with Gasteiger partial charge in [-0.05, 0) is 36.1 Å². The van der Waals surface area contributed by atoms with Gasteiger partial charge in [-0.25, -0.2) is 4.79 Å². The molecule has 112 valence electrons. The van der Waals surface area contributed by atoms with Gasteiger partial charge in [-0.3, -0.25) is 0 Å². The molecule has 0 aliphatic carbocycles. The first-order chi connectivity index (χ1) is 9.25. The molecule has 1 aromatic rings. The van der Waals surface area contributed by atoms with Crippen molar-refractivity contribution in [2.45, 2.75) is 13.1 Å². The lowest BCUT2D eigenvalue weighted by Gasteiger charge is -2.15. The number of nitrogens with one attached hydrogen (secondary N) is 1. The van der Waals surface area contributed by atoms with Crippen LogP contribution in [-0.2, 0) is 6.18 Å². The van der Waals surface area contributed by atoms with E-state index in [4.69, 9.17) is 5.11 Å². The number of alkyl halides is 3. The Labute approximate surface area is 119 Å². The first-order valence-corrected chi connectivity index (χ1v) is 7.32. The average molecular weight is 307 g/mol. The van der Waals surface area contributed by atoms with Crippen LogP contribution in [0.1, 0.15) is 22.8 Å². The molecular weight excluding hydrogens is 291 g/mol. The SMILES string of the molecule is CSCC(C)CNc1ccc(C(F)(F)F)c(C(=O)O)c1. The molecule has 0 aliphatic rings. The fourth-order valence-electron chi connectivity index (χ4n) is 1.71. The van der Waals surface area contributed by atoms with Gasteiger partial charge >= 0.3 is 12.1 Å². The second-order valence-corrected chi connectivity index (χ2v) is 5.42. The van der Waals surface area contributed by atoms with E-state index < -0.39 is 23.3 Å². The molecule has 0 aliphatic heterocycles. The van der Waals surface area contributed by atoms with Crippen molar-refractivity contribution in [3.8, 4) is 0 Å². The molecule has 7 heteroatoms. The average Bonchev–Trinajstić information content (AvgIpc) is 2.35. The topological polar surface area (TPSA) is 49.3 Å². The summed E-state index contributed by atoms with van der Waals surface area (Å²) in [5, 5.41) is 11.8. The number of anilines is 1. The molecule has 20 heavy (non-hydrogen) atoms. The fraction of sp³-hybridized carbons (Fsp3) is 0.462. The van der Waals surface area contributed by atoms with Crippen molar-refractivity contribution in [3.63, 3.8) is 0 Å². The molecule has 0 spiro atoms. The largest absolute Gasteiger partial charge is 0.478 e. The van der Waals surface area contributed by atoms with E-state index in [1.165, 1.54) is 6.07 Å². The Kier molecular flexibility index (Phi) is 5.74. The van der Waals surface area contributed by atoms with Crippen molar-refractivity contribution in [2.75, 3.05) is 23.9 Å². The van der Waals surface area contributed by atoms with Crippen molar-refractivity contribution < 1.29 is 23.1 Å². The van der Waals surface area contributed by atoms with Gasteiger partial charge in [0.2, 0.25) is 0 Å². The van der Waals surface area contributed by atoms with Gasteiger partial charge < -0.3 is 10.4 Å². The van der Waals surface area contributed by atoms with Crippen LogP contribution in [0.25, 0.3) is 0 Å². The smallest absolute Gasteiger partial charge is 0.417 e. The quantitative estimate of drug-likeness (QED) is 0.839. The number of halogens is 3. The standard InChI is InChI=1S/C13H16F3NO2S/c1-8(7-20-2)6-17-9-3-4-11(13(14,15)16)10(5-9)12(18)19/h3-5,8,17H,6-7H2,1-2H3,(H,18,19). The number of rotatable bonds is 6. The van der Waals surface area contributed by atoms with Crippen LogP contribution in [0.2, 0.25) is 0 Å². The van der Waals surface area contributed by atoms with Gasteiger partial charge in [-0.2, -0.15) is 24.9 Å². The summed E-state index contributed by atoms with van der Waals surface area (Å²) in [5.74, 6) is -0.335. The number of thioether (sulfide) groups is 1. The summed E-state index contributed by atoms with van der Waals surface area (Å²) in [5.41, 5.74) is -1.49. The number of carbonyl (C=O) groups is 1. The lowest BCUT2D eigenvalue weighted by Crippen LogP contribution is -2.16. The summed E-state index contributed by atoms with van der Waals surface area (Å²) in [6.45, 7) is 2.58. The maximum Gasteiger partial charge on any atom is 0.417 e. The number of benzene rings is 1. The van der Waals surface area contributed by atoms with Crippen LogP contribution in [0, 0.1) is 5.92 Å². The van der Waals surface area contributed by atoms with Crippen LogP contribution >= 0.6 is 11.8 Å². The zero-order chi connectivity index (χ0) is 15.3. The highest BCUT2D eigenvalue weighted by molar-refractivity contribution is 7.98. The maximum absolute atomic E-state index is 12.7. The van der Waals surface area contributed by atoms with Gasteiger partial charge in [-0.15, -0.1) is 0 Å². The van der Waals surface area contributed by atoms with E-state index in [1.807, 2.05) is 13.2 Å². The molecule has 1 unspecified atom stereocenters. The molecule has 0 saturated heterocycles. The number of hydrogen-bond acceptors (Lipinski definition) is 3. The number of hydrogen-bond donors (Lipinski definition) is 2. The second-order valence-electron chi connectivity index (χ2n) is 4.50. The van der Waals surface area contributed by atoms with Gasteiger partial charge in [0.15, 0.2) is 0 Å². The van der Waals surface area contributed by atoms with Crippen molar-refractivity contribution in [3.05, 3.63) is 29.3 Å². The van der Waals surface area contributed by atoms with E-state index in [1.54, 1.807) is 11.8 Å². The Bertz CT molecular complexity index is 477. The summed E-state index contributed by atoms with van der Waals surface area (Å²) in [6.07, 6.45) is -2.70. The third-order valence-electron chi connectivity index (χ3n) is 2.66. The Morgan fingerprint density at radius 1 is 1.45 bits per heavy atom. The third kappa shape index (κ3) is 4.63. The molecule has 0 amide bonds. The molecule has 0 aromatic heterocycles.